The average molecular weight is 441 g/mol. The number of benzene rings is 2. The summed E-state index contributed by atoms with van der Waals surface area (Å²) in [4.78, 5) is 0. The van der Waals surface area contributed by atoms with Crippen LogP contribution in [0.4, 0.5) is 0 Å². The summed E-state index contributed by atoms with van der Waals surface area (Å²) >= 11 is 1.33. The van der Waals surface area contributed by atoms with E-state index in [0.717, 1.165) is 17.0 Å². The van der Waals surface area contributed by atoms with Gasteiger partial charge in [0, 0.05) is 11.3 Å². The predicted molar refractivity (Wildman–Crippen MR) is 119 cm³/mol. The number of nitrogens with zero attached hydrogens (tertiary/aromatic N) is 4. The van der Waals surface area contributed by atoms with Gasteiger partial charge < -0.3 is 18.9 Å². The summed E-state index contributed by atoms with van der Waals surface area (Å²) in [6, 6.07) is 13.5. The van der Waals surface area contributed by atoms with Crippen LogP contribution in [0.25, 0.3) is 17.1 Å². The highest BCUT2D eigenvalue weighted by Crippen LogP contribution is 2.42. The Morgan fingerprint density at radius 3 is 2.19 bits per heavy atom. The molecule has 0 amide bonds. The van der Waals surface area contributed by atoms with E-state index in [1.165, 1.54) is 11.8 Å². The van der Waals surface area contributed by atoms with Gasteiger partial charge in [0.2, 0.25) is 5.75 Å². The zero-order valence-electron chi connectivity index (χ0n) is 18.1. The monoisotopic (exact) mass is 440 g/mol. The first kappa shape index (κ1) is 22.3. The average Bonchev–Trinajstić information content (AvgIpc) is 3.21. The lowest BCUT2D eigenvalue weighted by Gasteiger charge is -2.15. The highest BCUT2D eigenvalue weighted by atomic mass is 32.2. The molecule has 0 saturated heterocycles. The molecular formula is C22H24N4O4S. The van der Waals surface area contributed by atoms with Crippen LogP contribution in [0.15, 0.2) is 41.6 Å². The molecule has 1 heterocycles. The fourth-order valence-electron chi connectivity index (χ4n) is 3.02. The van der Waals surface area contributed by atoms with E-state index in [4.69, 9.17) is 18.9 Å². The van der Waals surface area contributed by atoms with Crippen molar-refractivity contribution in [3.8, 4) is 46.1 Å². The van der Waals surface area contributed by atoms with Gasteiger partial charge in [-0.15, -0.1) is 10.2 Å². The van der Waals surface area contributed by atoms with Crippen LogP contribution in [0.2, 0.25) is 0 Å². The third-order valence-electron chi connectivity index (χ3n) is 4.43. The molecule has 0 aliphatic heterocycles. The van der Waals surface area contributed by atoms with Crippen LogP contribution >= 0.6 is 11.8 Å². The number of ether oxygens (including phenoxy) is 4. The highest BCUT2D eigenvalue weighted by molar-refractivity contribution is 8.00. The third-order valence-corrected chi connectivity index (χ3v) is 5.36. The van der Waals surface area contributed by atoms with E-state index in [0.29, 0.717) is 34.8 Å². The molecule has 1 aromatic heterocycles. The van der Waals surface area contributed by atoms with E-state index in [9.17, 15) is 5.26 Å². The van der Waals surface area contributed by atoms with Crippen molar-refractivity contribution in [1.29, 1.82) is 5.26 Å². The van der Waals surface area contributed by atoms with Gasteiger partial charge in [-0.3, -0.25) is 4.57 Å². The molecule has 0 bridgehead atoms. The van der Waals surface area contributed by atoms with E-state index >= 15 is 0 Å². The molecule has 8 nitrogen and oxygen atoms in total. The van der Waals surface area contributed by atoms with Crippen molar-refractivity contribution >= 4 is 11.8 Å². The lowest BCUT2D eigenvalue weighted by Crippen LogP contribution is -2.03. The van der Waals surface area contributed by atoms with Crippen molar-refractivity contribution in [2.75, 3.05) is 27.9 Å². The molecule has 0 aliphatic rings. The maximum atomic E-state index is 9.28. The standard InChI is InChI=1S/C22H24N4O4S/c1-6-30-17-9-7-16(8-10-17)26-21(24-25-22(26)31-14(2)13-23)15-11-18(27-3)20(29-5)19(12-15)28-4/h7-12,14H,6H2,1-5H3/t14-/m1/s1. The van der Waals surface area contributed by atoms with Crippen LogP contribution < -0.4 is 18.9 Å². The second-order valence-electron chi connectivity index (χ2n) is 6.37. The van der Waals surface area contributed by atoms with Crippen LogP contribution in [-0.2, 0) is 0 Å². The second kappa shape index (κ2) is 10.1. The molecule has 0 unspecified atom stereocenters. The molecule has 3 rings (SSSR count). The summed E-state index contributed by atoms with van der Waals surface area (Å²) in [6.07, 6.45) is 0. The molecule has 0 N–H and O–H groups in total. The normalized spacial score (nSPS) is 11.5. The van der Waals surface area contributed by atoms with Crippen molar-refractivity contribution in [2.45, 2.75) is 24.3 Å². The highest BCUT2D eigenvalue weighted by Gasteiger charge is 2.22. The molecule has 0 aliphatic carbocycles. The maximum Gasteiger partial charge on any atom is 0.203 e. The van der Waals surface area contributed by atoms with Gasteiger partial charge in [0.15, 0.2) is 22.5 Å². The van der Waals surface area contributed by atoms with Gasteiger partial charge >= 0.3 is 0 Å². The molecular weight excluding hydrogens is 416 g/mol. The first-order chi connectivity index (χ1) is 15.1. The van der Waals surface area contributed by atoms with Gasteiger partial charge in [-0.2, -0.15) is 5.26 Å². The van der Waals surface area contributed by atoms with Gasteiger partial charge in [-0.25, -0.2) is 0 Å². The molecule has 1 atom stereocenters. The van der Waals surface area contributed by atoms with Gasteiger partial charge in [-0.05, 0) is 50.2 Å². The van der Waals surface area contributed by atoms with Crippen LogP contribution in [0, 0.1) is 11.3 Å². The third kappa shape index (κ3) is 4.70. The molecule has 2 aromatic carbocycles. The van der Waals surface area contributed by atoms with E-state index in [1.54, 1.807) is 21.3 Å². The van der Waals surface area contributed by atoms with Gasteiger partial charge in [0.1, 0.15) is 5.75 Å². The quantitative estimate of drug-likeness (QED) is 0.453. The summed E-state index contributed by atoms with van der Waals surface area (Å²) in [5.41, 5.74) is 1.57. The summed E-state index contributed by atoms with van der Waals surface area (Å²) in [6.45, 7) is 4.35. The Balaban J connectivity index is 2.18. The Morgan fingerprint density at radius 1 is 1.03 bits per heavy atom. The smallest absolute Gasteiger partial charge is 0.203 e. The van der Waals surface area contributed by atoms with E-state index in [2.05, 4.69) is 16.3 Å². The summed E-state index contributed by atoms with van der Waals surface area (Å²) < 4.78 is 23.9. The Hall–Kier alpha value is -3.38. The summed E-state index contributed by atoms with van der Waals surface area (Å²) in [7, 11) is 4.68. The van der Waals surface area contributed by atoms with Crippen molar-refractivity contribution in [2.24, 2.45) is 0 Å². The van der Waals surface area contributed by atoms with Gasteiger partial charge in [0.05, 0.1) is 39.3 Å². The first-order valence-electron chi connectivity index (χ1n) is 9.61. The van der Waals surface area contributed by atoms with Crippen molar-refractivity contribution < 1.29 is 18.9 Å². The molecule has 162 valence electrons. The van der Waals surface area contributed by atoms with Gasteiger partial charge in [-0.1, -0.05) is 11.8 Å². The van der Waals surface area contributed by atoms with Crippen molar-refractivity contribution in [3.63, 3.8) is 0 Å². The number of hydrogen-bond donors (Lipinski definition) is 0. The first-order valence-corrected chi connectivity index (χ1v) is 10.5. The maximum absolute atomic E-state index is 9.28. The van der Waals surface area contributed by atoms with Crippen LogP contribution in [-0.4, -0.2) is 48.0 Å². The number of rotatable bonds is 9. The van der Waals surface area contributed by atoms with Crippen molar-refractivity contribution in [3.05, 3.63) is 36.4 Å². The zero-order valence-corrected chi connectivity index (χ0v) is 18.9. The molecule has 0 fully saturated rings. The summed E-state index contributed by atoms with van der Waals surface area (Å²) in [5, 5.41) is 18.3. The summed E-state index contributed by atoms with van der Waals surface area (Å²) in [5.74, 6) is 2.87. The minimum absolute atomic E-state index is 0.293. The number of methoxy groups -OCH3 is 3. The Kier molecular flexibility index (Phi) is 7.26. The Labute approximate surface area is 185 Å². The Bertz CT molecular complexity index is 1050. The zero-order chi connectivity index (χ0) is 22.4. The van der Waals surface area contributed by atoms with E-state index < -0.39 is 0 Å². The molecule has 0 radical (unpaired) electrons. The van der Waals surface area contributed by atoms with E-state index in [-0.39, 0.29) is 5.25 Å². The van der Waals surface area contributed by atoms with Crippen LogP contribution in [0.5, 0.6) is 23.0 Å². The van der Waals surface area contributed by atoms with Gasteiger partial charge in [0.25, 0.3) is 0 Å². The fraction of sp³-hybridized carbons (Fsp3) is 0.318. The van der Waals surface area contributed by atoms with E-state index in [1.807, 2.05) is 54.8 Å². The lowest BCUT2D eigenvalue weighted by atomic mass is 10.1. The molecule has 31 heavy (non-hydrogen) atoms. The largest absolute Gasteiger partial charge is 0.494 e. The SMILES string of the molecule is CCOc1ccc(-n2c(S[C@H](C)C#N)nnc2-c2cc(OC)c(OC)c(OC)c2)cc1. The Morgan fingerprint density at radius 2 is 1.68 bits per heavy atom. The number of nitriles is 1. The van der Waals surface area contributed by atoms with Crippen LogP contribution in [0.1, 0.15) is 13.8 Å². The molecule has 0 saturated carbocycles. The lowest BCUT2D eigenvalue weighted by molar-refractivity contribution is 0.324. The van der Waals surface area contributed by atoms with Crippen molar-refractivity contribution in [1.82, 2.24) is 14.8 Å². The molecule has 3 aromatic rings. The van der Waals surface area contributed by atoms with Crippen LogP contribution in [0.3, 0.4) is 0 Å². The fourth-order valence-corrected chi connectivity index (χ4v) is 3.77. The predicted octanol–water partition coefficient (Wildman–Crippen LogP) is 4.36. The minimum atomic E-state index is -0.293. The second-order valence-corrected chi connectivity index (χ2v) is 7.68. The molecule has 0 spiro atoms. The number of hydrogen-bond acceptors (Lipinski definition) is 8. The molecule has 9 heteroatoms. The number of thioether (sulfide) groups is 1. The number of aromatic nitrogens is 3. The minimum Gasteiger partial charge on any atom is -0.494 e. The topological polar surface area (TPSA) is 91.4 Å².